The smallest absolute Gasteiger partial charge is 0.246 e. The number of carbonyl (C=O) groups is 1. The van der Waals surface area contributed by atoms with Gasteiger partial charge in [-0.25, -0.2) is 8.42 Å². The van der Waals surface area contributed by atoms with Gasteiger partial charge in [0, 0.05) is 5.75 Å². The van der Waals surface area contributed by atoms with Crippen molar-refractivity contribution in [2.75, 3.05) is 28.2 Å². The minimum atomic E-state index is -3.63. The van der Waals surface area contributed by atoms with E-state index in [9.17, 15) is 13.2 Å². The third-order valence-electron chi connectivity index (χ3n) is 3.65. The van der Waals surface area contributed by atoms with Crippen LogP contribution in [0.5, 0.6) is 0 Å². The zero-order chi connectivity index (χ0) is 20.2. The maximum Gasteiger partial charge on any atom is 0.246 e. The lowest BCUT2D eigenvalue weighted by Crippen LogP contribution is -2.38. The second-order valence-electron chi connectivity index (χ2n) is 6.29. The van der Waals surface area contributed by atoms with Crippen LogP contribution in [-0.4, -0.2) is 43.1 Å². The molecule has 2 rings (SSSR count). The van der Waals surface area contributed by atoms with Crippen LogP contribution in [0.4, 0.5) is 10.8 Å². The average molecular weight is 429 g/mol. The Balaban J connectivity index is 2.20. The van der Waals surface area contributed by atoms with Crippen LogP contribution >= 0.6 is 23.1 Å². The number of rotatable bonds is 8. The van der Waals surface area contributed by atoms with Crippen LogP contribution in [0.1, 0.15) is 30.0 Å². The predicted octanol–water partition coefficient (Wildman–Crippen LogP) is 3.37. The predicted molar refractivity (Wildman–Crippen MR) is 112 cm³/mol. The highest BCUT2D eigenvalue weighted by Crippen LogP contribution is 2.29. The fourth-order valence-electron chi connectivity index (χ4n) is 2.73. The lowest BCUT2D eigenvalue weighted by atomic mass is 10.1. The normalized spacial score (nSPS) is 11.4. The number of aryl methyl sites for hydroxylation is 3. The molecule has 0 aliphatic carbocycles. The molecule has 1 amide bonds. The number of hydrogen-bond donors (Lipinski definition) is 1. The van der Waals surface area contributed by atoms with Crippen molar-refractivity contribution < 1.29 is 13.2 Å². The van der Waals surface area contributed by atoms with Gasteiger partial charge in [0.15, 0.2) is 4.34 Å². The van der Waals surface area contributed by atoms with Gasteiger partial charge in [-0.1, -0.05) is 47.7 Å². The van der Waals surface area contributed by atoms with Crippen molar-refractivity contribution in [3.05, 3.63) is 28.8 Å². The van der Waals surface area contributed by atoms with E-state index < -0.39 is 15.9 Å². The van der Waals surface area contributed by atoms with E-state index in [2.05, 4.69) is 22.4 Å². The summed E-state index contributed by atoms with van der Waals surface area (Å²) >= 11 is 2.86. The largest absolute Gasteiger partial charge is 0.299 e. The number of nitrogens with one attached hydrogen (secondary N) is 1. The molecule has 27 heavy (non-hydrogen) atoms. The minimum Gasteiger partial charge on any atom is -0.299 e. The van der Waals surface area contributed by atoms with Crippen molar-refractivity contribution in [2.24, 2.45) is 0 Å². The zero-order valence-electron chi connectivity index (χ0n) is 16.1. The van der Waals surface area contributed by atoms with Gasteiger partial charge in [0.05, 0.1) is 11.9 Å². The van der Waals surface area contributed by atoms with E-state index >= 15 is 0 Å². The number of nitrogens with zero attached hydrogens (tertiary/aromatic N) is 3. The van der Waals surface area contributed by atoms with Crippen molar-refractivity contribution in [2.45, 2.75) is 38.5 Å². The molecule has 0 bridgehead atoms. The summed E-state index contributed by atoms with van der Waals surface area (Å²) in [4.78, 5) is 12.5. The molecular weight excluding hydrogens is 404 g/mol. The van der Waals surface area contributed by atoms with Gasteiger partial charge in [-0.05, 0) is 38.3 Å². The summed E-state index contributed by atoms with van der Waals surface area (Å²) in [7, 11) is -3.63. The molecule has 10 heteroatoms. The van der Waals surface area contributed by atoms with E-state index in [0.29, 0.717) is 10.8 Å². The minimum absolute atomic E-state index is 0.319. The summed E-state index contributed by atoms with van der Waals surface area (Å²) in [6.07, 6.45) is 2.12. The highest BCUT2D eigenvalue weighted by Gasteiger charge is 2.24. The second kappa shape index (κ2) is 9.03. The van der Waals surface area contributed by atoms with Crippen molar-refractivity contribution in [1.82, 2.24) is 10.2 Å². The summed E-state index contributed by atoms with van der Waals surface area (Å²) in [5, 5.41) is 11.0. The monoisotopic (exact) mass is 428 g/mol. The number of carbonyl (C=O) groups excluding carboxylic acids is 1. The molecule has 1 aromatic carbocycles. The Morgan fingerprint density at radius 3 is 2.41 bits per heavy atom. The van der Waals surface area contributed by atoms with Gasteiger partial charge >= 0.3 is 0 Å². The van der Waals surface area contributed by atoms with Gasteiger partial charge in [0.25, 0.3) is 0 Å². The van der Waals surface area contributed by atoms with Crippen LogP contribution in [0, 0.1) is 20.8 Å². The summed E-state index contributed by atoms with van der Waals surface area (Å²) in [5.41, 5.74) is 3.19. The van der Waals surface area contributed by atoms with Crippen molar-refractivity contribution >= 4 is 49.8 Å². The fraction of sp³-hybridized carbons (Fsp3) is 0.471. The van der Waals surface area contributed by atoms with Crippen molar-refractivity contribution in [1.29, 1.82) is 0 Å². The van der Waals surface area contributed by atoms with E-state index in [-0.39, 0.29) is 6.54 Å². The molecule has 0 saturated carbocycles. The average Bonchev–Trinajstić information content (AvgIpc) is 2.97. The number of thioether (sulfide) groups is 1. The van der Waals surface area contributed by atoms with Gasteiger partial charge in [-0.15, -0.1) is 10.2 Å². The van der Waals surface area contributed by atoms with Crippen LogP contribution in [0.15, 0.2) is 16.5 Å². The molecule has 0 atom stereocenters. The van der Waals surface area contributed by atoms with E-state index in [1.54, 1.807) is 11.8 Å². The fourth-order valence-corrected chi connectivity index (χ4v) is 5.39. The Hall–Kier alpha value is -1.65. The number of benzene rings is 1. The number of amides is 1. The number of hydrogen-bond acceptors (Lipinski definition) is 7. The van der Waals surface area contributed by atoms with Crippen molar-refractivity contribution in [3.63, 3.8) is 0 Å². The molecule has 0 unspecified atom stereocenters. The van der Waals surface area contributed by atoms with E-state index in [1.165, 1.54) is 11.3 Å². The van der Waals surface area contributed by atoms with Crippen LogP contribution < -0.4 is 9.62 Å². The maximum atomic E-state index is 12.5. The molecule has 0 aliphatic rings. The van der Waals surface area contributed by atoms with E-state index in [4.69, 9.17) is 0 Å². The standard InChI is InChI=1S/C17H24N4O3S3/c1-6-7-25-17-20-19-16(26-17)18-14(22)10-21(27(5,23)24)15-12(3)8-11(2)9-13(15)4/h8-9H,6-7,10H2,1-5H3,(H,18,19,22). The summed E-state index contributed by atoms with van der Waals surface area (Å²) in [6.45, 7) is 7.39. The van der Waals surface area contributed by atoms with Crippen LogP contribution in [-0.2, 0) is 14.8 Å². The first kappa shape index (κ1) is 21.6. The Bertz CT molecular complexity index is 902. The lowest BCUT2D eigenvalue weighted by Gasteiger charge is -2.25. The van der Waals surface area contributed by atoms with Gasteiger partial charge in [-0.3, -0.25) is 14.4 Å². The highest BCUT2D eigenvalue weighted by molar-refractivity contribution is 8.01. The Morgan fingerprint density at radius 1 is 1.22 bits per heavy atom. The summed E-state index contributed by atoms with van der Waals surface area (Å²) in [6, 6.07) is 3.81. The van der Waals surface area contributed by atoms with Gasteiger partial charge in [0.1, 0.15) is 6.54 Å². The molecule has 0 spiro atoms. The molecule has 148 valence electrons. The molecule has 1 N–H and O–H groups in total. The molecule has 2 aromatic rings. The Kier molecular flexibility index (Phi) is 7.24. The quantitative estimate of drug-likeness (QED) is 0.512. The van der Waals surface area contributed by atoms with E-state index in [1.807, 2.05) is 32.9 Å². The third kappa shape index (κ3) is 5.91. The highest BCUT2D eigenvalue weighted by atomic mass is 32.2. The SMILES string of the molecule is CCCSc1nnc(NC(=O)CN(c2c(C)cc(C)cc2C)S(C)(=O)=O)s1. The molecule has 0 fully saturated rings. The molecule has 0 radical (unpaired) electrons. The van der Waals surface area contributed by atoms with Gasteiger partial charge in [-0.2, -0.15) is 0 Å². The zero-order valence-corrected chi connectivity index (χ0v) is 18.5. The van der Waals surface area contributed by atoms with Crippen LogP contribution in [0.2, 0.25) is 0 Å². The first-order valence-corrected chi connectivity index (χ1v) is 12.1. The van der Waals surface area contributed by atoms with Crippen molar-refractivity contribution in [3.8, 4) is 0 Å². The molecule has 0 aliphatic heterocycles. The molecule has 7 nitrogen and oxygen atoms in total. The second-order valence-corrected chi connectivity index (χ2v) is 10.5. The molecule has 0 saturated heterocycles. The third-order valence-corrected chi connectivity index (χ3v) is 6.95. The summed E-state index contributed by atoms with van der Waals surface area (Å²) in [5.74, 6) is 0.471. The van der Waals surface area contributed by atoms with Crippen LogP contribution in [0.25, 0.3) is 0 Å². The number of sulfonamides is 1. The molecule has 1 heterocycles. The maximum absolute atomic E-state index is 12.5. The Labute approximate surface area is 168 Å². The first-order chi connectivity index (χ1) is 12.6. The topological polar surface area (TPSA) is 92.3 Å². The lowest BCUT2D eigenvalue weighted by molar-refractivity contribution is -0.114. The number of anilines is 2. The van der Waals surface area contributed by atoms with Gasteiger partial charge < -0.3 is 0 Å². The summed E-state index contributed by atoms with van der Waals surface area (Å²) < 4.78 is 26.6. The van der Waals surface area contributed by atoms with Gasteiger partial charge in [0.2, 0.25) is 21.1 Å². The van der Waals surface area contributed by atoms with Crippen LogP contribution in [0.3, 0.4) is 0 Å². The Morgan fingerprint density at radius 2 is 1.85 bits per heavy atom. The van der Waals surface area contributed by atoms with E-state index in [0.717, 1.165) is 43.8 Å². The number of aromatic nitrogens is 2. The first-order valence-electron chi connectivity index (χ1n) is 8.43. The molecular formula is C17H24N4O3S3. The molecule has 1 aromatic heterocycles.